The lowest BCUT2D eigenvalue weighted by atomic mass is 9.87. The fourth-order valence-electron chi connectivity index (χ4n) is 2.19. The predicted octanol–water partition coefficient (Wildman–Crippen LogP) is 1.81. The summed E-state index contributed by atoms with van der Waals surface area (Å²) < 4.78 is 0. The number of amides is 1. The summed E-state index contributed by atoms with van der Waals surface area (Å²) in [5, 5.41) is 3.56. The van der Waals surface area contributed by atoms with Gasteiger partial charge in [-0.25, -0.2) is 0 Å². The molecule has 88 valence electrons. The number of nitrogens with two attached hydrogens (primary N) is 1. The molecule has 1 aliphatic rings. The molecule has 15 heavy (non-hydrogen) atoms. The molecule has 0 spiro atoms. The molecular formula is C12H24N2O. The van der Waals surface area contributed by atoms with E-state index in [9.17, 15) is 4.79 Å². The Hall–Kier alpha value is -0.570. The van der Waals surface area contributed by atoms with Crippen LogP contribution in [0.1, 0.15) is 51.9 Å². The Bertz CT molecular complexity index is 186. The Morgan fingerprint density at radius 1 is 1.27 bits per heavy atom. The molecule has 1 aliphatic carbocycles. The van der Waals surface area contributed by atoms with Crippen LogP contribution in [0.4, 0.5) is 0 Å². The normalized spacial score (nSPS) is 26.5. The maximum absolute atomic E-state index is 10.5. The van der Waals surface area contributed by atoms with Gasteiger partial charge in [0, 0.05) is 12.5 Å². The van der Waals surface area contributed by atoms with Crippen molar-refractivity contribution in [2.24, 2.45) is 11.7 Å². The molecule has 0 bridgehead atoms. The molecule has 3 heteroatoms. The highest BCUT2D eigenvalue weighted by molar-refractivity contribution is 5.73. The van der Waals surface area contributed by atoms with E-state index < -0.39 is 0 Å². The maximum Gasteiger partial charge on any atom is 0.217 e. The number of nitrogens with one attached hydrogen (secondary N) is 1. The number of primary amides is 1. The summed E-state index contributed by atoms with van der Waals surface area (Å²) in [6, 6.07) is 0.717. The Labute approximate surface area is 92.8 Å². The van der Waals surface area contributed by atoms with Gasteiger partial charge in [-0.05, 0) is 51.0 Å². The zero-order valence-corrected chi connectivity index (χ0v) is 9.80. The molecule has 0 unspecified atom stereocenters. The van der Waals surface area contributed by atoms with Crippen molar-refractivity contribution < 1.29 is 4.79 Å². The van der Waals surface area contributed by atoms with Crippen molar-refractivity contribution in [3.05, 3.63) is 0 Å². The summed E-state index contributed by atoms with van der Waals surface area (Å²) in [5.74, 6) is 0.736. The summed E-state index contributed by atoms with van der Waals surface area (Å²) in [5.41, 5.74) is 5.07. The van der Waals surface area contributed by atoms with E-state index in [1.165, 1.54) is 25.7 Å². The monoisotopic (exact) mass is 212 g/mol. The number of carbonyl (C=O) groups excluding carboxylic acids is 1. The van der Waals surface area contributed by atoms with Crippen LogP contribution in [0, 0.1) is 5.92 Å². The van der Waals surface area contributed by atoms with Gasteiger partial charge in [0.05, 0.1) is 0 Å². The van der Waals surface area contributed by atoms with Crippen molar-refractivity contribution in [1.82, 2.24) is 5.32 Å². The van der Waals surface area contributed by atoms with Crippen molar-refractivity contribution in [2.75, 3.05) is 6.54 Å². The van der Waals surface area contributed by atoms with Gasteiger partial charge >= 0.3 is 0 Å². The van der Waals surface area contributed by atoms with E-state index in [2.05, 4.69) is 12.2 Å². The molecule has 0 aromatic rings. The first-order chi connectivity index (χ1) is 7.18. The van der Waals surface area contributed by atoms with Crippen LogP contribution in [0.3, 0.4) is 0 Å². The molecule has 3 N–H and O–H groups in total. The van der Waals surface area contributed by atoms with E-state index in [-0.39, 0.29) is 5.91 Å². The van der Waals surface area contributed by atoms with Crippen LogP contribution >= 0.6 is 0 Å². The molecule has 0 aromatic carbocycles. The van der Waals surface area contributed by atoms with Crippen molar-refractivity contribution in [3.63, 3.8) is 0 Å². The van der Waals surface area contributed by atoms with Crippen LogP contribution in [0.25, 0.3) is 0 Å². The van der Waals surface area contributed by atoms with E-state index in [0.29, 0.717) is 6.42 Å². The Balaban J connectivity index is 1.94. The first-order valence-electron chi connectivity index (χ1n) is 6.20. The Morgan fingerprint density at radius 3 is 2.53 bits per heavy atom. The fourth-order valence-corrected chi connectivity index (χ4v) is 2.19. The van der Waals surface area contributed by atoms with Gasteiger partial charge in [-0.3, -0.25) is 4.79 Å². The molecule has 3 nitrogen and oxygen atoms in total. The molecule has 0 aliphatic heterocycles. The number of carbonyl (C=O) groups is 1. The molecule has 0 heterocycles. The van der Waals surface area contributed by atoms with Crippen LogP contribution in [0.15, 0.2) is 0 Å². The van der Waals surface area contributed by atoms with Gasteiger partial charge < -0.3 is 11.1 Å². The summed E-state index contributed by atoms with van der Waals surface area (Å²) in [4.78, 5) is 10.5. The molecular weight excluding hydrogens is 188 g/mol. The third kappa shape index (κ3) is 5.78. The third-order valence-electron chi connectivity index (χ3n) is 3.30. The van der Waals surface area contributed by atoms with Gasteiger partial charge in [0.1, 0.15) is 0 Å². The van der Waals surface area contributed by atoms with E-state index in [0.717, 1.165) is 31.3 Å². The third-order valence-corrected chi connectivity index (χ3v) is 3.30. The minimum absolute atomic E-state index is 0.179. The van der Waals surface area contributed by atoms with Gasteiger partial charge in [-0.2, -0.15) is 0 Å². The zero-order valence-electron chi connectivity index (χ0n) is 9.80. The highest BCUT2D eigenvalue weighted by Crippen LogP contribution is 2.23. The van der Waals surface area contributed by atoms with E-state index in [1.54, 1.807) is 0 Å². The smallest absolute Gasteiger partial charge is 0.217 e. The fraction of sp³-hybridized carbons (Fsp3) is 0.917. The van der Waals surface area contributed by atoms with Crippen LogP contribution in [0.2, 0.25) is 0 Å². The zero-order chi connectivity index (χ0) is 11.1. The van der Waals surface area contributed by atoms with Crippen LogP contribution in [0.5, 0.6) is 0 Å². The van der Waals surface area contributed by atoms with Gasteiger partial charge in [0.2, 0.25) is 5.91 Å². The molecule has 1 fully saturated rings. The minimum atomic E-state index is -0.179. The average Bonchev–Trinajstić information content (AvgIpc) is 2.20. The molecule has 0 saturated heterocycles. The molecule has 0 radical (unpaired) electrons. The second-order valence-electron chi connectivity index (χ2n) is 4.83. The quantitative estimate of drug-likeness (QED) is 0.660. The lowest BCUT2D eigenvalue weighted by Gasteiger charge is -2.27. The van der Waals surface area contributed by atoms with Crippen molar-refractivity contribution in [3.8, 4) is 0 Å². The summed E-state index contributed by atoms with van der Waals surface area (Å²) in [7, 11) is 0. The second kappa shape index (κ2) is 6.83. The first kappa shape index (κ1) is 12.5. The second-order valence-corrected chi connectivity index (χ2v) is 4.83. The van der Waals surface area contributed by atoms with E-state index in [4.69, 9.17) is 5.73 Å². The largest absolute Gasteiger partial charge is 0.370 e. The van der Waals surface area contributed by atoms with Gasteiger partial charge in [-0.1, -0.05) is 6.92 Å². The number of unbranched alkanes of at least 4 members (excludes halogenated alkanes) is 1. The van der Waals surface area contributed by atoms with E-state index >= 15 is 0 Å². The molecule has 1 amide bonds. The number of rotatable bonds is 6. The van der Waals surface area contributed by atoms with Crippen LogP contribution in [-0.4, -0.2) is 18.5 Å². The average molecular weight is 212 g/mol. The SMILES string of the molecule is CC1CCC(NCCCCC(N)=O)CC1. The van der Waals surface area contributed by atoms with Gasteiger partial charge in [0.25, 0.3) is 0 Å². The molecule has 0 aromatic heterocycles. The van der Waals surface area contributed by atoms with E-state index in [1.807, 2.05) is 0 Å². The summed E-state index contributed by atoms with van der Waals surface area (Å²) in [6.45, 7) is 3.37. The van der Waals surface area contributed by atoms with Crippen molar-refractivity contribution in [2.45, 2.75) is 57.9 Å². The van der Waals surface area contributed by atoms with Crippen molar-refractivity contribution in [1.29, 1.82) is 0 Å². The van der Waals surface area contributed by atoms with Crippen LogP contribution in [-0.2, 0) is 4.79 Å². The van der Waals surface area contributed by atoms with Crippen molar-refractivity contribution >= 4 is 5.91 Å². The highest BCUT2D eigenvalue weighted by Gasteiger charge is 2.16. The van der Waals surface area contributed by atoms with Gasteiger partial charge in [0.15, 0.2) is 0 Å². The Morgan fingerprint density at radius 2 is 1.93 bits per heavy atom. The standard InChI is InChI=1S/C12H24N2O/c1-10-5-7-11(8-6-10)14-9-3-2-4-12(13)15/h10-11,14H,2-9H2,1H3,(H2,13,15). The lowest BCUT2D eigenvalue weighted by molar-refractivity contribution is -0.118. The van der Waals surface area contributed by atoms with Gasteiger partial charge in [-0.15, -0.1) is 0 Å². The summed E-state index contributed by atoms with van der Waals surface area (Å²) in [6.07, 6.45) is 7.87. The highest BCUT2D eigenvalue weighted by atomic mass is 16.1. The lowest BCUT2D eigenvalue weighted by Crippen LogP contribution is -2.33. The molecule has 1 rings (SSSR count). The minimum Gasteiger partial charge on any atom is -0.370 e. The topological polar surface area (TPSA) is 55.1 Å². The summed E-state index contributed by atoms with van der Waals surface area (Å²) >= 11 is 0. The number of hydrogen-bond donors (Lipinski definition) is 2. The molecule has 0 atom stereocenters. The maximum atomic E-state index is 10.5. The van der Waals surface area contributed by atoms with Crippen LogP contribution < -0.4 is 11.1 Å². The molecule has 1 saturated carbocycles. The predicted molar refractivity (Wildman–Crippen MR) is 62.5 cm³/mol. The number of hydrogen-bond acceptors (Lipinski definition) is 2. The first-order valence-corrected chi connectivity index (χ1v) is 6.20. The Kier molecular flexibility index (Phi) is 5.69.